The maximum absolute atomic E-state index is 11.2. The molecule has 2 heterocycles. The number of cyclic esters (lactones) is 1. The lowest BCUT2D eigenvalue weighted by Gasteiger charge is -2.24. The molecular formula is C13H14ClIN2O2. The second-order valence-corrected chi connectivity index (χ2v) is 5.66. The van der Waals surface area contributed by atoms with Crippen molar-refractivity contribution >= 4 is 40.2 Å². The first-order valence-corrected chi connectivity index (χ1v) is 7.88. The highest BCUT2D eigenvalue weighted by Gasteiger charge is 2.19. The van der Waals surface area contributed by atoms with Gasteiger partial charge in [-0.15, -0.1) is 0 Å². The molecule has 1 aliphatic rings. The van der Waals surface area contributed by atoms with Gasteiger partial charge in [0.15, 0.2) is 0 Å². The van der Waals surface area contributed by atoms with Gasteiger partial charge in [-0.25, -0.2) is 9.78 Å². The summed E-state index contributed by atoms with van der Waals surface area (Å²) in [6.45, 7) is 1.97. The van der Waals surface area contributed by atoms with Crippen LogP contribution in [0.2, 0.25) is 5.15 Å². The smallest absolute Gasteiger partial charge is 0.333 e. The number of carbonyl (C=O) groups excluding carboxylic acids is 1. The Morgan fingerprint density at radius 3 is 2.89 bits per heavy atom. The maximum Gasteiger partial charge on any atom is 0.333 e. The van der Waals surface area contributed by atoms with Crippen LogP contribution >= 0.6 is 34.2 Å². The fourth-order valence-electron chi connectivity index (χ4n) is 1.84. The van der Waals surface area contributed by atoms with E-state index in [2.05, 4.69) is 32.5 Å². The van der Waals surface area contributed by atoms with E-state index in [0.717, 1.165) is 28.7 Å². The topological polar surface area (TPSA) is 42.4 Å². The predicted molar refractivity (Wildman–Crippen MR) is 82.2 cm³/mol. The van der Waals surface area contributed by atoms with Crippen LogP contribution in [0.4, 0.5) is 0 Å². The SMILES string of the molecule is O=C1C=C(N(CCCI)Cc2ccc(Cl)nc2)CO1. The molecule has 1 aliphatic heterocycles. The third-order valence-electron chi connectivity index (χ3n) is 2.78. The van der Waals surface area contributed by atoms with Crippen molar-refractivity contribution in [1.82, 2.24) is 9.88 Å². The molecule has 0 unspecified atom stereocenters. The fourth-order valence-corrected chi connectivity index (χ4v) is 2.30. The number of esters is 1. The lowest BCUT2D eigenvalue weighted by Crippen LogP contribution is -2.25. The number of rotatable bonds is 6. The molecule has 0 aliphatic carbocycles. The molecule has 0 N–H and O–H groups in total. The standard InChI is InChI=1S/C13H14ClIN2O2/c14-12-3-2-10(7-16-12)8-17(5-1-4-15)11-6-13(18)19-9-11/h2-3,6-7H,1,4-5,8-9H2. The van der Waals surface area contributed by atoms with Crippen LogP contribution in [0.15, 0.2) is 30.1 Å². The van der Waals surface area contributed by atoms with Gasteiger partial charge in [-0.05, 0) is 18.1 Å². The third kappa shape index (κ3) is 4.35. The van der Waals surface area contributed by atoms with Crippen molar-refractivity contribution in [1.29, 1.82) is 0 Å². The van der Waals surface area contributed by atoms with Crippen LogP contribution < -0.4 is 0 Å². The summed E-state index contributed by atoms with van der Waals surface area (Å²) in [7, 11) is 0. The van der Waals surface area contributed by atoms with Crippen molar-refractivity contribution in [3.05, 3.63) is 40.8 Å². The van der Waals surface area contributed by atoms with E-state index in [9.17, 15) is 4.79 Å². The lowest BCUT2D eigenvalue weighted by atomic mass is 10.2. The summed E-state index contributed by atoms with van der Waals surface area (Å²) in [5.74, 6) is -0.260. The zero-order valence-corrected chi connectivity index (χ0v) is 13.2. The molecular weight excluding hydrogens is 379 g/mol. The summed E-state index contributed by atoms with van der Waals surface area (Å²) in [6, 6.07) is 3.72. The molecule has 0 aromatic carbocycles. The van der Waals surface area contributed by atoms with Gasteiger partial charge in [0.1, 0.15) is 11.8 Å². The van der Waals surface area contributed by atoms with E-state index in [0.29, 0.717) is 18.3 Å². The summed E-state index contributed by atoms with van der Waals surface area (Å²) in [5.41, 5.74) is 2.00. The predicted octanol–water partition coefficient (Wildman–Crippen LogP) is 2.80. The molecule has 0 spiro atoms. The van der Waals surface area contributed by atoms with Gasteiger partial charge in [-0.1, -0.05) is 40.3 Å². The van der Waals surface area contributed by atoms with Gasteiger partial charge >= 0.3 is 5.97 Å². The largest absolute Gasteiger partial charge is 0.456 e. The average molecular weight is 393 g/mol. The molecule has 0 saturated carbocycles. The Bertz CT molecular complexity index is 476. The molecule has 19 heavy (non-hydrogen) atoms. The van der Waals surface area contributed by atoms with Crippen LogP contribution in [-0.2, 0) is 16.1 Å². The molecule has 0 amide bonds. The van der Waals surface area contributed by atoms with E-state index in [4.69, 9.17) is 16.3 Å². The monoisotopic (exact) mass is 392 g/mol. The van der Waals surface area contributed by atoms with Gasteiger partial charge in [0.25, 0.3) is 0 Å². The highest BCUT2D eigenvalue weighted by atomic mass is 127. The highest BCUT2D eigenvalue weighted by molar-refractivity contribution is 14.1. The Balaban J connectivity index is 2.07. The van der Waals surface area contributed by atoms with E-state index in [-0.39, 0.29) is 5.97 Å². The van der Waals surface area contributed by atoms with Gasteiger partial charge in [-0.2, -0.15) is 0 Å². The summed E-state index contributed by atoms with van der Waals surface area (Å²) < 4.78 is 6.05. The van der Waals surface area contributed by atoms with E-state index < -0.39 is 0 Å². The van der Waals surface area contributed by atoms with Gasteiger partial charge in [0, 0.05) is 29.8 Å². The maximum atomic E-state index is 11.2. The molecule has 0 saturated heterocycles. The van der Waals surface area contributed by atoms with Crippen LogP contribution in [-0.4, -0.2) is 33.4 Å². The number of hydrogen-bond acceptors (Lipinski definition) is 4. The first-order valence-electron chi connectivity index (χ1n) is 5.97. The number of carbonyl (C=O) groups is 1. The van der Waals surface area contributed by atoms with Crippen molar-refractivity contribution in [3.8, 4) is 0 Å². The van der Waals surface area contributed by atoms with Crippen LogP contribution in [0.3, 0.4) is 0 Å². The van der Waals surface area contributed by atoms with Crippen LogP contribution in [0, 0.1) is 0 Å². The first kappa shape index (κ1) is 14.6. The second kappa shape index (κ2) is 7.09. The second-order valence-electron chi connectivity index (χ2n) is 4.20. The number of halogens is 2. The number of ether oxygens (including phenoxy) is 1. The highest BCUT2D eigenvalue weighted by Crippen LogP contribution is 2.17. The number of nitrogens with zero attached hydrogens (tertiary/aromatic N) is 2. The van der Waals surface area contributed by atoms with Crippen molar-refractivity contribution in [2.45, 2.75) is 13.0 Å². The number of pyridine rings is 1. The molecule has 1 aromatic rings. The third-order valence-corrected chi connectivity index (χ3v) is 3.76. The summed E-state index contributed by atoms with van der Waals surface area (Å²) >= 11 is 8.13. The Labute approximate surface area is 130 Å². The van der Waals surface area contributed by atoms with Crippen LogP contribution in [0.5, 0.6) is 0 Å². The fraction of sp³-hybridized carbons (Fsp3) is 0.385. The van der Waals surface area contributed by atoms with Gasteiger partial charge in [0.05, 0.1) is 5.70 Å². The quantitative estimate of drug-likeness (QED) is 0.323. The van der Waals surface area contributed by atoms with Gasteiger partial charge in [-0.3, -0.25) is 0 Å². The summed E-state index contributed by atoms with van der Waals surface area (Å²) in [5, 5.41) is 0.487. The zero-order valence-electron chi connectivity index (χ0n) is 10.3. The Morgan fingerprint density at radius 2 is 2.32 bits per heavy atom. The van der Waals surface area contributed by atoms with E-state index in [1.807, 2.05) is 6.07 Å². The number of hydrogen-bond donors (Lipinski definition) is 0. The van der Waals surface area contributed by atoms with Gasteiger partial charge in [0.2, 0.25) is 0 Å². The molecule has 2 rings (SSSR count). The summed E-state index contributed by atoms with van der Waals surface area (Å²) in [6.07, 6.45) is 4.39. The minimum Gasteiger partial charge on any atom is -0.456 e. The number of alkyl halides is 1. The zero-order chi connectivity index (χ0) is 13.7. The van der Waals surface area contributed by atoms with E-state index >= 15 is 0 Å². The molecule has 1 aromatic heterocycles. The minimum absolute atomic E-state index is 0.260. The van der Waals surface area contributed by atoms with Crippen molar-refractivity contribution in [2.75, 3.05) is 17.6 Å². The molecule has 102 valence electrons. The van der Waals surface area contributed by atoms with Crippen molar-refractivity contribution < 1.29 is 9.53 Å². The first-order chi connectivity index (χ1) is 9.19. The Hall–Kier alpha value is -0.820. The lowest BCUT2D eigenvalue weighted by molar-refractivity contribution is -0.135. The van der Waals surface area contributed by atoms with Crippen molar-refractivity contribution in [3.63, 3.8) is 0 Å². The molecule has 4 nitrogen and oxygen atoms in total. The van der Waals surface area contributed by atoms with Crippen molar-refractivity contribution in [2.24, 2.45) is 0 Å². The normalized spacial score (nSPS) is 14.2. The van der Waals surface area contributed by atoms with E-state index in [1.54, 1.807) is 18.3 Å². The molecule has 0 fully saturated rings. The molecule has 0 bridgehead atoms. The number of aromatic nitrogens is 1. The molecule has 0 atom stereocenters. The minimum atomic E-state index is -0.260. The Kier molecular flexibility index (Phi) is 5.45. The van der Waals surface area contributed by atoms with Gasteiger partial charge < -0.3 is 9.64 Å². The van der Waals surface area contributed by atoms with E-state index in [1.165, 1.54) is 0 Å². The van der Waals surface area contributed by atoms with Crippen LogP contribution in [0.1, 0.15) is 12.0 Å². The summed E-state index contributed by atoms with van der Waals surface area (Å²) in [4.78, 5) is 17.4. The average Bonchev–Trinajstić information content (AvgIpc) is 2.83. The van der Waals surface area contributed by atoms with Crippen LogP contribution in [0.25, 0.3) is 0 Å². The molecule has 0 radical (unpaired) electrons. The Morgan fingerprint density at radius 1 is 1.47 bits per heavy atom. The molecule has 6 heteroatoms.